The van der Waals surface area contributed by atoms with Crippen LogP contribution in [0.4, 0.5) is 17.3 Å². The van der Waals surface area contributed by atoms with Crippen LogP contribution in [0.25, 0.3) is 0 Å². The van der Waals surface area contributed by atoms with Gasteiger partial charge in [-0.2, -0.15) is 0 Å². The van der Waals surface area contributed by atoms with E-state index >= 15 is 0 Å². The number of aromatic nitrogens is 2. The first-order chi connectivity index (χ1) is 17.2. The van der Waals surface area contributed by atoms with Crippen molar-refractivity contribution in [3.63, 3.8) is 0 Å². The average Bonchev–Trinajstić information content (AvgIpc) is 3.41. The number of amides is 1. The van der Waals surface area contributed by atoms with Crippen LogP contribution in [0.5, 0.6) is 0 Å². The highest BCUT2D eigenvalue weighted by molar-refractivity contribution is 5.91. The summed E-state index contributed by atoms with van der Waals surface area (Å²) >= 11 is 0. The molecule has 3 aliphatic rings. The fraction of sp³-hybridized carbons (Fsp3) is 0.607. The van der Waals surface area contributed by atoms with E-state index < -0.39 is 0 Å². The van der Waals surface area contributed by atoms with Crippen LogP contribution in [-0.4, -0.2) is 54.6 Å². The first kappa shape index (κ1) is 24.0. The summed E-state index contributed by atoms with van der Waals surface area (Å²) in [6.07, 6.45) is 14.1. The third kappa shape index (κ3) is 6.72. The van der Waals surface area contributed by atoms with Crippen LogP contribution in [0.3, 0.4) is 0 Å². The van der Waals surface area contributed by atoms with Gasteiger partial charge in [0.1, 0.15) is 0 Å². The van der Waals surface area contributed by atoms with Gasteiger partial charge in [0, 0.05) is 62.4 Å². The van der Waals surface area contributed by atoms with Gasteiger partial charge < -0.3 is 20.4 Å². The molecule has 3 heterocycles. The Labute approximate surface area is 209 Å². The highest BCUT2D eigenvalue weighted by Crippen LogP contribution is 2.29. The van der Waals surface area contributed by atoms with Crippen LogP contribution in [0.1, 0.15) is 57.8 Å². The highest BCUT2D eigenvalue weighted by Gasteiger charge is 2.24. The van der Waals surface area contributed by atoms with Crippen molar-refractivity contribution in [1.29, 1.82) is 0 Å². The van der Waals surface area contributed by atoms with Crippen molar-refractivity contribution in [2.75, 3.05) is 47.8 Å². The fourth-order valence-electron chi connectivity index (χ4n) is 6.01. The first-order valence-electron chi connectivity index (χ1n) is 13.6. The maximum atomic E-state index is 12.5. The van der Waals surface area contributed by atoms with Crippen molar-refractivity contribution in [1.82, 2.24) is 15.3 Å². The smallest absolute Gasteiger partial charge is 0.225 e. The topological polar surface area (TPSA) is 73.4 Å². The van der Waals surface area contributed by atoms with E-state index in [-0.39, 0.29) is 5.91 Å². The number of benzene rings is 1. The predicted octanol–water partition coefficient (Wildman–Crippen LogP) is 4.47. The van der Waals surface area contributed by atoms with Gasteiger partial charge in [0.2, 0.25) is 11.9 Å². The van der Waals surface area contributed by atoms with E-state index in [9.17, 15) is 4.79 Å². The zero-order valence-corrected chi connectivity index (χ0v) is 20.9. The van der Waals surface area contributed by atoms with Gasteiger partial charge in [0.05, 0.1) is 0 Å². The largest absolute Gasteiger partial charge is 0.371 e. The van der Waals surface area contributed by atoms with E-state index in [0.717, 1.165) is 57.2 Å². The van der Waals surface area contributed by atoms with Gasteiger partial charge in [0.15, 0.2) is 0 Å². The van der Waals surface area contributed by atoms with E-state index in [0.29, 0.717) is 24.3 Å². The van der Waals surface area contributed by atoms with Gasteiger partial charge in [-0.15, -0.1) is 0 Å². The molecule has 3 fully saturated rings. The van der Waals surface area contributed by atoms with Crippen molar-refractivity contribution < 1.29 is 4.79 Å². The van der Waals surface area contributed by atoms with Crippen LogP contribution >= 0.6 is 0 Å². The molecule has 1 amide bonds. The Morgan fingerprint density at radius 3 is 2.46 bits per heavy atom. The molecular formula is C28H40N6O. The van der Waals surface area contributed by atoms with Crippen molar-refractivity contribution in [2.45, 2.75) is 63.8 Å². The summed E-state index contributed by atoms with van der Waals surface area (Å²) in [6.45, 7) is 5.25. The molecule has 35 heavy (non-hydrogen) atoms. The molecule has 188 valence electrons. The van der Waals surface area contributed by atoms with Gasteiger partial charge in [0.25, 0.3) is 0 Å². The van der Waals surface area contributed by atoms with Gasteiger partial charge >= 0.3 is 0 Å². The number of carbonyl (C=O) groups is 1. The van der Waals surface area contributed by atoms with Crippen LogP contribution in [0.15, 0.2) is 42.7 Å². The van der Waals surface area contributed by atoms with Gasteiger partial charge in [-0.1, -0.05) is 18.9 Å². The zero-order valence-electron chi connectivity index (χ0n) is 20.9. The minimum atomic E-state index is 0.164. The van der Waals surface area contributed by atoms with Crippen molar-refractivity contribution in [2.24, 2.45) is 11.8 Å². The molecule has 7 nitrogen and oxygen atoms in total. The molecule has 5 rings (SSSR count). The van der Waals surface area contributed by atoms with Crippen molar-refractivity contribution >= 4 is 23.2 Å². The van der Waals surface area contributed by atoms with Crippen LogP contribution in [-0.2, 0) is 4.79 Å². The third-order valence-electron chi connectivity index (χ3n) is 7.99. The van der Waals surface area contributed by atoms with Crippen molar-refractivity contribution in [3.05, 3.63) is 42.7 Å². The quantitative estimate of drug-likeness (QED) is 0.586. The minimum Gasteiger partial charge on any atom is -0.371 e. The van der Waals surface area contributed by atoms with Crippen LogP contribution in [0.2, 0.25) is 0 Å². The molecule has 1 saturated carbocycles. The SMILES string of the molecule is O=C(CC1CCCC1)Nc1cccc(N2CCC(NC[C@H]3CCCN(c4ncccn4)C3)CC2)c1. The van der Waals surface area contributed by atoms with Gasteiger partial charge in [-0.3, -0.25) is 4.79 Å². The number of piperidine rings is 2. The fourth-order valence-corrected chi connectivity index (χ4v) is 6.01. The molecule has 2 N–H and O–H groups in total. The number of nitrogens with one attached hydrogen (secondary N) is 2. The Kier molecular flexibility index (Phi) is 8.14. The van der Waals surface area contributed by atoms with E-state index in [1.54, 1.807) is 0 Å². The Morgan fingerprint density at radius 2 is 1.66 bits per heavy atom. The summed E-state index contributed by atoms with van der Waals surface area (Å²) in [5.41, 5.74) is 2.14. The number of nitrogens with zero attached hydrogens (tertiary/aromatic N) is 4. The zero-order chi connectivity index (χ0) is 23.9. The number of hydrogen-bond donors (Lipinski definition) is 2. The summed E-state index contributed by atoms with van der Waals surface area (Å²) in [5.74, 6) is 2.25. The van der Waals surface area contributed by atoms with E-state index in [4.69, 9.17) is 0 Å². The van der Waals surface area contributed by atoms with Crippen LogP contribution < -0.4 is 20.4 Å². The number of hydrogen-bond acceptors (Lipinski definition) is 6. The lowest BCUT2D eigenvalue weighted by Crippen LogP contribution is -2.46. The summed E-state index contributed by atoms with van der Waals surface area (Å²) < 4.78 is 0. The van der Waals surface area contributed by atoms with E-state index in [2.05, 4.69) is 48.6 Å². The number of rotatable bonds is 8. The summed E-state index contributed by atoms with van der Waals surface area (Å²) in [7, 11) is 0. The lowest BCUT2D eigenvalue weighted by Gasteiger charge is -2.36. The molecule has 7 heteroatoms. The van der Waals surface area contributed by atoms with E-state index in [1.807, 2.05) is 24.5 Å². The van der Waals surface area contributed by atoms with Crippen molar-refractivity contribution in [3.8, 4) is 0 Å². The maximum Gasteiger partial charge on any atom is 0.225 e. The van der Waals surface area contributed by atoms with Gasteiger partial charge in [-0.05, 0) is 81.2 Å². The summed E-state index contributed by atoms with van der Waals surface area (Å²) in [4.78, 5) is 26.1. The number of carbonyl (C=O) groups excluding carboxylic acids is 1. The lowest BCUT2D eigenvalue weighted by atomic mass is 9.96. The Balaban J connectivity index is 1.05. The van der Waals surface area contributed by atoms with E-state index in [1.165, 1.54) is 44.2 Å². The second-order valence-corrected chi connectivity index (χ2v) is 10.6. The predicted molar refractivity (Wildman–Crippen MR) is 142 cm³/mol. The monoisotopic (exact) mass is 476 g/mol. The molecule has 0 radical (unpaired) electrons. The molecule has 1 atom stereocenters. The molecule has 0 unspecified atom stereocenters. The molecule has 2 aromatic rings. The molecule has 2 saturated heterocycles. The minimum absolute atomic E-state index is 0.164. The molecule has 1 aliphatic carbocycles. The summed E-state index contributed by atoms with van der Waals surface area (Å²) in [6, 6.07) is 10.8. The number of anilines is 3. The molecule has 0 bridgehead atoms. The second-order valence-electron chi connectivity index (χ2n) is 10.6. The highest BCUT2D eigenvalue weighted by atomic mass is 16.1. The van der Waals surface area contributed by atoms with Crippen LogP contribution in [0, 0.1) is 11.8 Å². The maximum absolute atomic E-state index is 12.5. The standard InChI is InChI=1S/C28H40N6O/c35-27(18-22-6-1-2-7-22)32-25-9-3-10-26(19-25)33-16-11-24(12-17-33)31-20-23-8-4-15-34(21-23)28-29-13-5-14-30-28/h3,5,9-10,13-14,19,22-24,31H,1-2,4,6-8,11-12,15-18,20-21H2,(H,32,35)/t23-/m1/s1. The summed E-state index contributed by atoms with van der Waals surface area (Å²) in [5, 5.41) is 6.99. The molecule has 0 spiro atoms. The van der Waals surface area contributed by atoms with Gasteiger partial charge in [-0.25, -0.2) is 9.97 Å². The Bertz CT molecular complexity index is 939. The average molecular weight is 477 g/mol. The second kappa shape index (κ2) is 11.8. The lowest BCUT2D eigenvalue weighted by molar-refractivity contribution is -0.117. The first-order valence-corrected chi connectivity index (χ1v) is 13.6. The Morgan fingerprint density at radius 1 is 0.886 bits per heavy atom. The molecule has 2 aliphatic heterocycles. The molecule has 1 aromatic heterocycles. The molecule has 1 aromatic carbocycles. The molecular weight excluding hydrogens is 436 g/mol. The third-order valence-corrected chi connectivity index (χ3v) is 7.99. The normalized spacial score (nSPS) is 21.9. The Hall–Kier alpha value is -2.67.